The van der Waals surface area contributed by atoms with Crippen LogP contribution in [0.2, 0.25) is 0 Å². The van der Waals surface area contributed by atoms with Gasteiger partial charge in [-0.05, 0) is 23.8 Å². The van der Waals surface area contributed by atoms with Gasteiger partial charge in [0.15, 0.2) is 5.75 Å². The predicted octanol–water partition coefficient (Wildman–Crippen LogP) is 2.42. The molecule has 0 radical (unpaired) electrons. The number of pyridine rings is 1. The van der Waals surface area contributed by atoms with E-state index in [0.717, 1.165) is 5.56 Å². The van der Waals surface area contributed by atoms with Crippen molar-refractivity contribution in [2.24, 2.45) is 0 Å². The minimum atomic E-state index is -0.534. The fourth-order valence-electron chi connectivity index (χ4n) is 1.70. The van der Waals surface area contributed by atoms with E-state index in [2.05, 4.69) is 4.98 Å². The summed E-state index contributed by atoms with van der Waals surface area (Å²) in [6.45, 7) is 0.273. The maximum atomic E-state index is 10.9. The third-order valence-electron chi connectivity index (χ3n) is 2.69. The third-order valence-corrected chi connectivity index (χ3v) is 2.69. The van der Waals surface area contributed by atoms with E-state index < -0.39 is 4.92 Å². The molecule has 0 aliphatic heterocycles. The molecule has 0 bridgehead atoms. The van der Waals surface area contributed by atoms with Crippen molar-refractivity contribution in [3.63, 3.8) is 0 Å². The first-order valence-corrected chi connectivity index (χ1v) is 5.96. The molecule has 0 spiro atoms. The molecule has 102 valence electrons. The number of ether oxygens (including phenoxy) is 1. The van der Waals surface area contributed by atoms with Crippen LogP contribution in [0.5, 0.6) is 5.75 Å². The van der Waals surface area contributed by atoms with Gasteiger partial charge in [0.05, 0.1) is 11.5 Å². The zero-order valence-corrected chi connectivity index (χ0v) is 10.6. The van der Waals surface area contributed by atoms with Gasteiger partial charge in [0.1, 0.15) is 6.29 Å². The van der Waals surface area contributed by atoms with Gasteiger partial charge in [-0.25, -0.2) is 0 Å². The number of aldehydes is 1. The molecule has 6 heteroatoms. The maximum absolute atomic E-state index is 10.9. The average molecular weight is 272 g/mol. The molecule has 2 aromatic rings. The van der Waals surface area contributed by atoms with Crippen molar-refractivity contribution in [3.8, 4) is 5.75 Å². The van der Waals surface area contributed by atoms with E-state index in [4.69, 9.17) is 4.74 Å². The maximum Gasteiger partial charge on any atom is 0.310 e. The van der Waals surface area contributed by atoms with E-state index in [9.17, 15) is 14.9 Å². The Balaban J connectivity index is 2.07. The Morgan fingerprint density at radius 3 is 2.85 bits per heavy atom. The quantitative estimate of drug-likeness (QED) is 0.458. The summed E-state index contributed by atoms with van der Waals surface area (Å²) in [6, 6.07) is 7.73. The van der Waals surface area contributed by atoms with E-state index in [1.807, 2.05) is 12.1 Å². The standard InChI is InChI=1S/C14H12N2O4/c17-10-12-3-4-13(16(18)19)14(8-12)20-7-5-11-2-1-6-15-9-11/h1-4,6,8-10H,5,7H2. The molecule has 2 rings (SSSR count). The Bertz CT molecular complexity index is 614. The van der Waals surface area contributed by atoms with Crippen LogP contribution in [-0.2, 0) is 6.42 Å². The summed E-state index contributed by atoms with van der Waals surface area (Å²) in [4.78, 5) is 25.0. The highest BCUT2D eigenvalue weighted by atomic mass is 16.6. The summed E-state index contributed by atoms with van der Waals surface area (Å²) in [5.74, 6) is 0.100. The van der Waals surface area contributed by atoms with Crippen LogP contribution in [0.1, 0.15) is 15.9 Å². The fourth-order valence-corrected chi connectivity index (χ4v) is 1.70. The molecule has 0 unspecified atom stereocenters. The first-order valence-electron chi connectivity index (χ1n) is 5.96. The number of benzene rings is 1. The molecule has 20 heavy (non-hydrogen) atoms. The molecule has 0 amide bonds. The average Bonchev–Trinajstić information content (AvgIpc) is 2.48. The molecule has 0 aliphatic carbocycles. The number of nitro groups is 1. The lowest BCUT2D eigenvalue weighted by molar-refractivity contribution is -0.385. The van der Waals surface area contributed by atoms with Crippen molar-refractivity contribution < 1.29 is 14.5 Å². The molecule has 0 saturated carbocycles. The second kappa shape index (κ2) is 6.42. The Morgan fingerprint density at radius 2 is 2.20 bits per heavy atom. The Kier molecular flexibility index (Phi) is 4.39. The minimum absolute atomic E-state index is 0.100. The van der Waals surface area contributed by atoms with Crippen LogP contribution in [0.25, 0.3) is 0 Å². The summed E-state index contributed by atoms with van der Waals surface area (Å²) in [5, 5.41) is 10.9. The summed E-state index contributed by atoms with van der Waals surface area (Å²) in [6.07, 6.45) is 4.58. The van der Waals surface area contributed by atoms with Gasteiger partial charge in [0.25, 0.3) is 0 Å². The Labute approximate surface area is 115 Å². The van der Waals surface area contributed by atoms with E-state index in [0.29, 0.717) is 18.3 Å². The highest BCUT2D eigenvalue weighted by Crippen LogP contribution is 2.27. The summed E-state index contributed by atoms with van der Waals surface area (Å²) < 4.78 is 5.42. The zero-order chi connectivity index (χ0) is 14.4. The van der Waals surface area contributed by atoms with Crippen LogP contribution < -0.4 is 4.74 Å². The van der Waals surface area contributed by atoms with E-state index >= 15 is 0 Å². The van der Waals surface area contributed by atoms with Crippen LogP contribution >= 0.6 is 0 Å². The summed E-state index contributed by atoms with van der Waals surface area (Å²) in [7, 11) is 0. The second-order valence-electron chi connectivity index (χ2n) is 4.06. The topological polar surface area (TPSA) is 82.3 Å². The lowest BCUT2D eigenvalue weighted by Crippen LogP contribution is -2.04. The molecule has 1 aromatic carbocycles. The number of hydrogen-bond acceptors (Lipinski definition) is 5. The number of aromatic nitrogens is 1. The van der Waals surface area contributed by atoms with Crippen molar-refractivity contribution in [2.45, 2.75) is 6.42 Å². The largest absolute Gasteiger partial charge is 0.486 e. The van der Waals surface area contributed by atoms with E-state index in [1.54, 1.807) is 12.4 Å². The van der Waals surface area contributed by atoms with Crippen molar-refractivity contribution in [1.82, 2.24) is 4.98 Å². The number of nitrogens with zero attached hydrogens (tertiary/aromatic N) is 2. The first-order chi connectivity index (χ1) is 9.70. The van der Waals surface area contributed by atoms with Gasteiger partial charge >= 0.3 is 5.69 Å². The molecule has 6 nitrogen and oxygen atoms in total. The van der Waals surface area contributed by atoms with Gasteiger partial charge in [0.2, 0.25) is 0 Å². The Hall–Kier alpha value is -2.76. The molecule has 1 heterocycles. The normalized spacial score (nSPS) is 10.0. The monoisotopic (exact) mass is 272 g/mol. The second-order valence-corrected chi connectivity index (χ2v) is 4.06. The first kappa shape index (κ1) is 13.7. The number of hydrogen-bond donors (Lipinski definition) is 0. The zero-order valence-electron chi connectivity index (χ0n) is 10.6. The molecular formula is C14H12N2O4. The van der Waals surface area contributed by atoms with Crippen LogP contribution in [-0.4, -0.2) is 22.8 Å². The van der Waals surface area contributed by atoms with Crippen LogP contribution in [0.15, 0.2) is 42.7 Å². The third kappa shape index (κ3) is 3.38. The van der Waals surface area contributed by atoms with Crippen LogP contribution in [0.4, 0.5) is 5.69 Å². The van der Waals surface area contributed by atoms with Gasteiger partial charge in [-0.3, -0.25) is 19.9 Å². The van der Waals surface area contributed by atoms with Gasteiger partial charge in [0, 0.05) is 30.4 Å². The van der Waals surface area contributed by atoms with Crippen LogP contribution in [0, 0.1) is 10.1 Å². The highest BCUT2D eigenvalue weighted by molar-refractivity contribution is 5.76. The van der Waals surface area contributed by atoms with Crippen molar-refractivity contribution in [1.29, 1.82) is 0 Å². The predicted molar refractivity (Wildman–Crippen MR) is 71.9 cm³/mol. The minimum Gasteiger partial charge on any atom is -0.486 e. The molecule has 0 aliphatic rings. The van der Waals surface area contributed by atoms with E-state index in [-0.39, 0.29) is 18.0 Å². The molecule has 0 atom stereocenters. The number of rotatable bonds is 6. The fraction of sp³-hybridized carbons (Fsp3) is 0.143. The van der Waals surface area contributed by atoms with Gasteiger partial charge in [-0.15, -0.1) is 0 Å². The molecular weight excluding hydrogens is 260 g/mol. The number of carbonyl (C=O) groups excluding carboxylic acids is 1. The lowest BCUT2D eigenvalue weighted by atomic mass is 10.2. The molecule has 0 saturated heterocycles. The SMILES string of the molecule is O=Cc1ccc([N+](=O)[O-])c(OCCc2cccnc2)c1. The molecule has 0 fully saturated rings. The van der Waals surface area contributed by atoms with Gasteiger partial charge < -0.3 is 4.74 Å². The van der Waals surface area contributed by atoms with Crippen molar-refractivity contribution in [3.05, 3.63) is 64.0 Å². The molecule has 0 N–H and O–H groups in total. The van der Waals surface area contributed by atoms with Crippen molar-refractivity contribution >= 4 is 12.0 Å². The number of nitro benzene ring substituents is 1. The van der Waals surface area contributed by atoms with Gasteiger partial charge in [-0.2, -0.15) is 0 Å². The van der Waals surface area contributed by atoms with Gasteiger partial charge in [-0.1, -0.05) is 6.07 Å². The van der Waals surface area contributed by atoms with Crippen molar-refractivity contribution in [2.75, 3.05) is 6.61 Å². The number of carbonyl (C=O) groups is 1. The smallest absolute Gasteiger partial charge is 0.310 e. The highest BCUT2D eigenvalue weighted by Gasteiger charge is 2.15. The summed E-state index contributed by atoms with van der Waals surface area (Å²) in [5.41, 5.74) is 1.16. The lowest BCUT2D eigenvalue weighted by Gasteiger charge is -2.07. The Morgan fingerprint density at radius 1 is 1.35 bits per heavy atom. The van der Waals surface area contributed by atoms with E-state index in [1.165, 1.54) is 18.2 Å². The molecule has 1 aromatic heterocycles. The summed E-state index contributed by atoms with van der Waals surface area (Å²) >= 11 is 0. The van der Waals surface area contributed by atoms with Crippen LogP contribution in [0.3, 0.4) is 0 Å².